The van der Waals surface area contributed by atoms with Gasteiger partial charge in [-0.05, 0) is 25.0 Å². The van der Waals surface area contributed by atoms with Crippen LogP contribution < -0.4 is 5.73 Å². The standard InChI is InChI=1S/C16H18N4O4S/c17-14(24)5-6-20-15(9-1-2-9)18-19-16(20)25-8-13(23)11-4-3-10(21)7-12(11)22/h3-4,7,9,21-22H,1-2,5-6,8H2,(H2,17,24). The fraction of sp³-hybridized carbons (Fsp3) is 0.375. The Balaban J connectivity index is 1.71. The molecule has 0 saturated heterocycles. The highest BCUT2D eigenvalue weighted by Crippen LogP contribution is 2.40. The highest BCUT2D eigenvalue weighted by atomic mass is 32.2. The molecular formula is C16H18N4O4S. The summed E-state index contributed by atoms with van der Waals surface area (Å²) >= 11 is 1.19. The quantitative estimate of drug-likeness (QED) is 0.478. The summed E-state index contributed by atoms with van der Waals surface area (Å²) in [6, 6.07) is 3.84. The van der Waals surface area contributed by atoms with E-state index in [0.717, 1.165) is 24.7 Å². The second-order valence-corrected chi connectivity index (χ2v) is 6.84. The van der Waals surface area contributed by atoms with Crippen LogP contribution in [0.5, 0.6) is 11.5 Å². The van der Waals surface area contributed by atoms with Crippen LogP contribution in [-0.2, 0) is 11.3 Å². The van der Waals surface area contributed by atoms with Crippen molar-refractivity contribution in [2.75, 3.05) is 5.75 Å². The molecule has 4 N–H and O–H groups in total. The number of aromatic hydroxyl groups is 2. The van der Waals surface area contributed by atoms with E-state index in [1.165, 1.54) is 23.9 Å². The lowest BCUT2D eigenvalue weighted by atomic mass is 10.1. The van der Waals surface area contributed by atoms with E-state index < -0.39 is 5.91 Å². The molecular weight excluding hydrogens is 344 g/mol. The molecule has 0 spiro atoms. The summed E-state index contributed by atoms with van der Waals surface area (Å²) in [5.41, 5.74) is 5.36. The van der Waals surface area contributed by atoms with Gasteiger partial charge in [0.25, 0.3) is 0 Å². The molecule has 0 aliphatic heterocycles. The SMILES string of the molecule is NC(=O)CCn1c(SCC(=O)c2ccc(O)cc2O)nnc1C1CC1. The van der Waals surface area contributed by atoms with Gasteiger partial charge in [0, 0.05) is 24.9 Å². The number of primary amides is 1. The Bertz CT molecular complexity index is 816. The smallest absolute Gasteiger partial charge is 0.219 e. The van der Waals surface area contributed by atoms with Crippen LogP contribution >= 0.6 is 11.8 Å². The van der Waals surface area contributed by atoms with Gasteiger partial charge in [-0.1, -0.05) is 11.8 Å². The van der Waals surface area contributed by atoms with Crippen LogP contribution in [0.2, 0.25) is 0 Å². The van der Waals surface area contributed by atoms with Crippen LogP contribution in [0.3, 0.4) is 0 Å². The maximum absolute atomic E-state index is 12.3. The molecule has 0 bridgehead atoms. The summed E-state index contributed by atoms with van der Waals surface area (Å²) < 4.78 is 1.84. The zero-order valence-corrected chi connectivity index (χ0v) is 14.2. The van der Waals surface area contributed by atoms with Crippen molar-refractivity contribution in [3.8, 4) is 11.5 Å². The number of hydrogen-bond acceptors (Lipinski definition) is 7. The number of nitrogens with two attached hydrogens (primary N) is 1. The molecule has 1 amide bonds. The maximum Gasteiger partial charge on any atom is 0.219 e. The molecule has 132 valence electrons. The molecule has 1 aromatic heterocycles. The molecule has 2 aromatic rings. The molecule has 1 aliphatic carbocycles. The molecule has 1 fully saturated rings. The Labute approximate surface area is 148 Å². The number of Topliss-reactive ketones (excluding diaryl/α,β-unsaturated/α-hetero) is 1. The zero-order chi connectivity index (χ0) is 18.0. The first-order valence-corrected chi connectivity index (χ1v) is 8.83. The molecule has 1 aliphatic rings. The average molecular weight is 362 g/mol. The number of phenolic OH excluding ortho intramolecular Hbond substituents is 2. The third-order valence-corrected chi connectivity index (χ3v) is 4.85. The van der Waals surface area contributed by atoms with Crippen LogP contribution in [0.1, 0.15) is 41.4 Å². The van der Waals surface area contributed by atoms with E-state index in [1.807, 2.05) is 4.57 Å². The van der Waals surface area contributed by atoms with Crippen molar-refractivity contribution in [1.82, 2.24) is 14.8 Å². The fourth-order valence-corrected chi connectivity index (χ4v) is 3.30. The fourth-order valence-electron chi connectivity index (χ4n) is 2.45. The number of benzene rings is 1. The van der Waals surface area contributed by atoms with Gasteiger partial charge < -0.3 is 20.5 Å². The first-order valence-electron chi connectivity index (χ1n) is 7.85. The predicted molar refractivity (Wildman–Crippen MR) is 90.6 cm³/mol. The zero-order valence-electron chi connectivity index (χ0n) is 13.4. The Morgan fingerprint density at radius 3 is 2.68 bits per heavy atom. The van der Waals surface area contributed by atoms with Gasteiger partial charge in [0.1, 0.15) is 17.3 Å². The second-order valence-electron chi connectivity index (χ2n) is 5.90. The third-order valence-electron chi connectivity index (χ3n) is 3.88. The van der Waals surface area contributed by atoms with Crippen molar-refractivity contribution >= 4 is 23.5 Å². The van der Waals surface area contributed by atoms with Crippen molar-refractivity contribution in [3.63, 3.8) is 0 Å². The number of aromatic nitrogens is 3. The molecule has 1 aromatic carbocycles. The average Bonchev–Trinajstić information content (AvgIpc) is 3.31. The minimum Gasteiger partial charge on any atom is -0.508 e. The lowest BCUT2D eigenvalue weighted by Gasteiger charge is -2.08. The van der Waals surface area contributed by atoms with Gasteiger partial charge in [0.05, 0.1) is 11.3 Å². The van der Waals surface area contributed by atoms with Crippen molar-refractivity contribution in [2.45, 2.75) is 36.9 Å². The van der Waals surface area contributed by atoms with E-state index in [2.05, 4.69) is 10.2 Å². The number of carbonyl (C=O) groups excluding carboxylic acids is 2. The minimum atomic E-state index is -0.406. The van der Waals surface area contributed by atoms with Crippen LogP contribution in [-0.4, -0.2) is 42.4 Å². The number of rotatable bonds is 8. The maximum atomic E-state index is 12.3. The second kappa shape index (κ2) is 7.14. The lowest BCUT2D eigenvalue weighted by molar-refractivity contribution is -0.118. The molecule has 0 unspecified atom stereocenters. The van der Waals surface area contributed by atoms with Crippen LogP contribution in [0.15, 0.2) is 23.4 Å². The topological polar surface area (TPSA) is 131 Å². The Morgan fingerprint density at radius 2 is 2.04 bits per heavy atom. The minimum absolute atomic E-state index is 0.0533. The first kappa shape index (κ1) is 17.3. The van der Waals surface area contributed by atoms with Gasteiger partial charge in [-0.25, -0.2) is 0 Å². The molecule has 0 atom stereocenters. The highest BCUT2D eigenvalue weighted by Gasteiger charge is 2.30. The van der Waals surface area contributed by atoms with Crippen molar-refractivity contribution in [2.24, 2.45) is 5.73 Å². The van der Waals surface area contributed by atoms with Gasteiger partial charge in [0.2, 0.25) is 5.91 Å². The van der Waals surface area contributed by atoms with E-state index in [1.54, 1.807) is 0 Å². The Kier molecular flexibility index (Phi) is 4.93. The summed E-state index contributed by atoms with van der Waals surface area (Å²) in [5.74, 6) is 0.158. The summed E-state index contributed by atoms with van der Waals surface area (Å²) in [6.07, 6.45) is 2.26. The number of amides is 1. The highest BCUT2D eigenvalue weighted by molar-refractivity contribution is 7.99. The molecule has 3 rings (SSSR count). The van der Waals surface area contributed by atoms with Crippen LogP contribution in [0.4, 0.5) is 0 Å². The van der Waals surface area contributed by atoms with E-state index in [4.69, 9.17) is 5.73 Å². The van der Waals surface area contributed by atoms with Gasteiger partial charge in [-0.15, -0.1) is 10.2 Å². The largest absolute Gasteiger partial charge is 0.508 e. The monoisotopic (exact) mass is 362 g/mol. The van der Waals surface area contributed by atoms with Crippen LogP contribution in [0, 0.1) is 0 Å². The number of thioether (sulfide) groups is 1. The number of nitrogens with zero attached hydrogens (tertiary/aromatic N) is 3. The van der Waals surface area contributed by atoms with E-state index in [-0.39, 0.29) is 35.0 Å². The van der Waals surface area contributed by atoms with Gasteiger partial charge in [-0.2, -0.15) is 0 Å². The molecule has 9 heteroatoms. The normalized spacial score (nSPS) is 13.8. The van der Waals surface area contributed by atoms with Crippen LogP contribution in [0.25, 0.3) is 0 Å². The molecule has 8 nitrogen and oxygen atoms in total. The number of ketones is 1. The molecule has 0 radical (unpaired) electrons. The molecule has 1 heterocycles. The van der Waals surface area contributed by atoms with Crippen molar-refractivity contribution in [3.05, 3.63) is 29.6 Å². The molecule has 25 heavy (non-hydrogen) atoms. The van der Waals surface area contributed by atoms with Crippen molar-refractivity contribution < 1.29 is 19.8 Å². The predicted octanol–water partition coefficient (Wildman–Crippen LogP) is 1.42. The van der Waals surface area contributed by atoms with E-state index in [9.17, 15) is 19.8 Å². The van der Waals surface area contributed by atoms with Gasteiger partial charge in [-0.3, -0.25) is 9.59 Å². The van der Waals surface area contributed by atoms with Gasteiger partial charge in [0.15, 0.2) is 10.9 Å². The third kappa shape index (κ3) is 4.11. The Hall–Kier alpha value is -2.55. The number of carbonyl (C=O) groups is 2. The van der Waals surface area contributed by atoms with E-state index in [0.29, 0.717) is 17.6 Å². The summed E-state index contributed by atoms with van der Waals surface area (Å²) in [6.45, 7) is 0.384. The Morgan fingerprint density at radius 1 is 1.28 bits per heavy atom. The summed E-state index contributed by atoms with van der Waals surface area (Å²) in [4.78, 5) is 23.4. The number of hydrogen-bond donors (Lipinski definition) is 3. The lowest BCUT2D eigenvalue weighted by Crippen LogP contribution is -2.16. The summed E-state index contributed by atoms with van der Waals surface area (Å²) in [7, 11) is 0. The van der Waals surface area contributed by atoms with Gasteiger partial charge >= 0.3 is 0 Å². The molecule has 1 saturated carbocycles. The number of phenols is 2. The van der Waals surface area contributed by atoms with Crippen molar-refractivity contribution in [1.29, 1.82) is 0 Å². The first-order chi connectivity index (χ1) is 12.0. The summed E-state index contributed by atoms with van der Waals surface area (Å²) in [5, 5.41) is 27.9. The van der Waals surface area contributed by atoms with E-state index >= 15 is 0 Å².